The molecular formula is C17F35I. The predicted molar refractivity (Wildman–Crippen MR) is 99.2 cm³/mol. The molecule has 0 aromatic rings. The molecule has 0 aromatic heterocycles. The Kier molecular flexibility index (Phi) is 11.7. The lowest BCUT2D eigenvalue weighted by Crippen LogP contribution is -2.80. The molecule has 0 aliphatic rings. The molecule has 0 N–H and O–H groups in total. The van der Waals surface area contributed by atoms with Crippen molar-refractivity contribution in [1.82, 2.24) is 0 Å². The van der Waals surface area contributed by atoms with Gasteiger partial charge in [-0.15, -0.1) is 0 Å². The lowest BCUT2D eigenvalue weighted by Gasteiger charge is -2.47. The van der Waals surface area contributed by atoms with Gasteiger partial charge in [0.2, 0.25) is 0 Å². The van der Waals surface area contributed by atoms with Crippen LogP contribution < -0.4 is 0 Å². The average molecular weight is 996 g/mol. The summed E-state index contributed by atoms with van der Waals surface area (Å²) < 4.78 is 459. The van der Waals surface area contributed by atoms with Gasteiger partial charge in [0.05, 0.1) is 0 Å². The minimum atomic E-state index is -10.3. The van der Waals surface area contributed by atoms with Gasteiger partial charge in [0, 0.05) is 22.6 Å². The summed E-state index contributed by atoms with van der Waals surface area (Å²) in [6.07, 6.45) is -8.42. The van der Waals surface area contributed by atoms with Gasteiger partial charge >= 0.3 is 98.9 Å². The summed E-state index contributed by atoms with van der Waals surface area (Å²) >= 11 is -1.42. The van der Waals surface area contributed by atoms with Crippen LogP contribution in [-0.2, 0) is 0 Å². The third kappa shape index (κ3) is 5.79. The highest BCUT2D eigenvalue weighted by Crippen LogP contribution is 2.70. The predicted octanol–water partition coefficient (Wildman–Crippen LogP) is 12.1. The molecule has 320 valence electrons. The van der Waals surface area contributed by atoms with E-state index in [0.29, 0.717) is 0 Å². The highest BCUT2D eigenvalue weighted by Gasteiger charge is 3.02. The third-order valence-corrected chi connectivity index (χ3v) is 6.91. The fraction of sp³-hybridized carbons (Fsp3) is 1.00. The second-order valence-corrected chi connectivity index (χ2v) is 11.0. The third-order valence-electron chi connectivity index (χ3n) is 6.23. The Hall–Kier alpha value is -1.72. The Morgan fingerprint density at radius 2 is 0.245 bits per heavy atom. The van der Waals surface area contributed by atoms with Crippen LogP contribution in [-0.4, -0.2) is 98.9 Å². The molecule has 0 spiro atoms. The van der Waals surface area contributed by atoms with Crippen LogP contribution in [0.25, 0.3) is 0 Å². The first kappa shape index (κ1) is 51.3. The minimum absolute atomic E-state index is 1.42. The van der Waals surface area contributed by atoms with E-state index in [1.54, 1.807) is 0 Å². The summed E-state index contributed by atoms with van der Waals surface area (Å²) in [6, 6.07) is 0. The SMILES string of the molecule is FC(F)(F)C(F)(F)C(F)(F)C(F)(F)C(F)(F)C(F)(F)C(F)(F)C(F)(F)C(F)(F)C(F)(F)C(F)(F)C(F)(F)C(F)(F)C(F)(F)C(F)(F)C(F)(F)C(F)(F)I. The molecule has 0 bridgehead atoms. The van der Waals surface area contributed by atoms with Gasteiger partial charge in [-0.1, -0.05) is 0 Å². The van der Waals surface area contributed by atoms with E-state index in [2.05, 4.69) is 0 Å². The van der Waals surface area contributed by atoms with Crippen molar-refractivity contribution in [3.63, 3.8) is 0 Å². The van der Waals surface area contributed by atoms with Gasteiger partial charge in [-0.3, -0.25) is 0 Å². The van der Waals surface area contributed by atoms with Crippen molar-refractivity contribution in [2.75, 3.05) is 0 Å². The zero-order chi connectivity index (χ0) is 44.5. The number of rotatable bonds is 15. The number of hydrogen-bond donors (Lipinski definition) is 0. The summed E-state index contributed by atoms with van der Waals surface area (Å²) in [7, 11) is 0. The van der Waals surface area contributed by atoms with E-state index < -0.39 is 122 Å². The van der Waals surface area contributed by atoms with Crippen molar-refractivity contribution in [3.8, 4) is 0 Å². The largest absolute Gasteiger partial charge is 0.460 e. The zero-order valence-corrected chi connectivity index (χ0v) is 24.3. The number of halogens is 36. The topological polar surface area (TPSA) is 0 Å². The monoisotopic (exact) mass is 996 g/mol. The van der Waals surface area contributed by atoms with Crippen LogP contribution in [0.3, 0.4) is 0 Å². The molecule has 0 atom stereocenters. The molecule has 53 heavy (non-hydrogen) atoms. The first-order chi connectivity index (χ1) is 22.0. The second kappa shape index (κ2) is 12.1. The molecule has 0 unspecified atom stereocenters. The van der Waals surface area contributed by atoms with Gasteiger partial charge in [0.15, 0.2) is 0 Å². The first-order valence-electron chi connectivity index (χ1n) is 10.8. The highest BCUT2D eigenvalue weighted by molar-refractivity contribution is 14.1. The Bertz CT molecular complexity index is 1240. The number of alkyl halides is 36. The quantitative estimate of drug-likeness (QED) is 0.0871. The summed E-state index contributed by atoms with van der Waals surface area (Å²) in [6.45, 7) is 0. The van der Waals surface area contributed by atoms with E-state index in [-0.39, 0.29) is 0 Å². The normalized spacial score (nSPS) is 17.4. The van der Waals surface area contributed by atoms with Crippen molar-refractivity contribution in [2.24, 2.45) is 0 Å². The standard InChI is InChI=1S/C17F35I/c18-1(19,2(20,21)4(24,25)6(28,29)8(32,33)10(36,37)12(40,41)14(44,45)16(48,49)50)3(22,23)5(26,27)7(30,31)9(34,35)11(38,39)13(42,43)15(46,47)17(51,52)53. The van der Waals surface area contributed by atoms with Crippen molar-refractivity contribution in [1.29, 1.82) is 0 Å². The van der Waals surface area contributed by atoms with Crippen LogP contribution in [0.4, 0.5) is 154 Å². The van der Waals surface area contributed by atoms with Gasteiger partial charge in [-0.05, 0) is 0 Å². The Morgan fingerprint density at radius 3 is 0.340 bits per heavy atom. The molecule has 0 heterocycles. The fourth-order valence-electron chi connectivity index (χ4n) is 2.92. The second-order valence-electron chi connectivity index (χ2n) is 9.61. The lowest BCUT2D eigenvalue weighted by molar-refractivity contribution is -0.491. The molecule has 0 saturated heterocycles. The Balaban J connectivity index is 7.78. The summed E-state index contributed by atoms with van der Waals surface area (Å²) in [4.78, 5) is 0. The van der Waals surface area contributed by atoms with Gasteiger partial charge in [-0.2, -0.15) is 154 Å². The van der Waals surface area contributed by atoms with Crippen molar-refractivity contribution < 1.29 is 154 Å². The van der Waals surface area contributed by atoms with Crippen molar-refractivity contribution in [2.45, 2.75) is 98.9 Å². The summed E-state index contributed by atoms with van der Waals surface area (Å²) in [5.41, 5.74) is 0. The van der Waals surface area contributed by atoms with Crippen LogP contribution in [0.2, 0.25) is 0 Å². The lowest BCUT2D eigenvalue weighted by atomic mass is 9.82. The highest BCUT2D eigenvalue weighted by atomic mass is 127. The van der Waals surface area contributed by atoms with Crippen LogP contribution in [0.15, 0.2) is 0 Å². The molecular weight excluding hydrogens is 996 g/mol. The zero-order valence-electron chi connectivity index (χ0n) is 22.1. The maximum Gasteiger partial charge on any atom is 0.460 e. The van der Waals surface area contributed by atoms with Gasteiger partial charge in [-0.25, -0.2) is 0 Å². The molecule has 0 fully saturated rings. The first-order valence-corrected chi connectivity index (χ1v) is 11.9. The van der Waals surface area contributed by atoms with E-state index >= 15 is 0 Å². The van der Waals surface area contributed by atoms with Crippen LogP contribution in [0.1, 0.15) is 0 Å². The van der Waals surface area contributed by atoms with Crippen molar-refractivity contribution in [3.05, 3.63) is 0 Å². The maximum absolute atomic E-state index is 13.8. The smallest absolute Gasteiger partial charge is 0.192 e. The molecule has 0 rings (SSSR count). The molecule has 0 aliphatic heterocycles. The molecule has 0 nitrogen and oxygen atoms in total. The van der Waals surface area contributed by atoms with E-state index in [1.165, 1.54) is 0 Å². The molecule has 0 saturated carbocycles. The molecule has 36 heteroatoms. The van der Waals surface area contributed by atoms with Crippen LogP contribution in [0.5, 0.6) is 0 Å². The molecule has 0 amide bonds. The fourth-order valence-corrected chi connectivity index (χ4v) is 3.26. The minimum Gasteiger partial charge on any atom is -0.192 e. The van der Waals surface area contributed by atoms with Crippen LogP contribution >= 0.6 is 22.6 Å². The van der Waals surface area contributed by atoms with Gasteiger partial charge < -0.3 is 0 Å². The summed E-state index contributed by atoms with van der Waals surface area (Å²) in [5.74, 6) is -146. The maximum atomic E-state index is 13.8. The van der Waals surface area contributed by atoms with E-state index in [9.17, 15) is 154 Å². The summed E-state index contributed by atoms with van der Waals surface area (Å²) in [5, 5.41) is 0. The van der Waals surface area contributed by atoms with Gasteiger partial charge in [0.1, 0.15) is 0 Å². The molecule has 0 aliphatic carbocycles. The van der Waals surface area contributed by atoms with Gasteiger partial charge in [0.25, 0.3) is 0 Å². The number of hydrogen-bond acceptors (Lipinski definition) is 0. The van der Waals surface area contributed by atoms with E-state index in [4.69, 9.17) is 0 Å². The van der Waals surface area contributed by atoms with E-state index in [0.717, 1.165) is 0 Å². The molecule has 0 aromatic carbocycles. The average Bonchev–Trinajstić information content (AvgIpc) is 2.89. The van der Waals surface area contributed by atoms with Crippen molar-refractivity contribution >= 4 is 22.6 Å². The Morgan fingerprint density at radius 1 is 0.151 bits per heavy atom. The van der Waals surface area contributed by atoms with E-state index in [1.807, 2.05) is 0 Å². The Labute approximate surface area is 276 Å². The molecule has 0 radical (unpaired) electrons. The van der Waals surface area contributed by atoms with Crippen LogP contribution in [0, 0.1) is 0 Å².